The molecule has 1 amide bonds. The van der Waals surface area contributed by atoms with Crippen molar-refractivity contribution in [1.82, 2.24) is 15.2 Å². The van der Waals surface area contributed by atoms with Crippen molar-refractivity contribution in [3.63, 3.8) is 0 Å². The van der Waals surface area contributed by atoms with Gasteiger partial charge in [-0.3, -0.25) is 10.0 Å². The first-order valence-electron chi connectivity index (χ1n) is 7.22. The van der Waals surface area contributed by atoms with Crippen molar-refractivity contribution < 1.29 is 27.7 Å². The van der Waals surface area contributed by atoms with Gasteiger partial charge in [0.1, 0.15) is 0 Å². The first-order valence-corrected chi connectivity index (χ1v) is 7.22. The van der Waals surface area contributed by atoms with E-state index in [0.29, 0.717) is 22.6 Å². The van der Waals surface area contributed by atoms with Crippen LogP contribution in [0.15, 0.2) is 28.8 Å². The predicted molar refractivity (Wildman–Crippen MR) is 76.5 cm³/mol. The van der Waals surface area contributed by atoms with E-state index in [1.807, 2.05) is 6.92 Å². The Morgan fingerprint density at radius 2 is 1.96 bits per heavy atom. The smallest absolute Gasteiger partial charge is 0.329 e. The zero-order valence-electron chi connectivity index (χ0n) is 13.0. The lowest BCUT2D eigenvalue weighted by Crippen LogP contribution is -2.31. The van der Waals surface area contributed by atoms with E-state index >= 15 is 0 Å². The molecule has 0 aliphatic rings. The number of carbonyl (C=O) groups is 1. The van der Waals surface area contributed by atoms with E-state index in [0.717, 1.165) is 0 Å². The minimum Gasteiger partial charge on any atom is -0.329 e. The Kier molecular flexibility index (Phi) is 5.23. The summed E-state index contributed by atoms with van der Waals surface area (Å²) in [5, 5.41) is 13.7. The van der Waals surface area contributed by atoms with E-state index in [1.165, 1.54) is 12.1 Å². The van der Waals surface area contributed by atoms with Gasteiger partial charge in [-0.2, -0.15) is 18.2 Å². The molecule has 2 aromatic rings. The second-order valence-corrected chi connectivity index (χ2v) is 5.32. The van der Waals surface area contributed by atoms with Crippen LogP contribution in [0.25, 0.3) is 11.4 Å². The van der Waals surface area contributed by atoms with E-state index in [1.54, 1.807) is 19.1 Å². The molecular weight excluding hydrogens is 327 g/mol. The molecule has 1 N–H and O–H groups in total. The van der Waals surface area contributed by atoms with Gasteiger partial charge in [-0.05, 0) is 12.0 Å². The quantitative estimate of drug-likeness (QED) is 0.664. The molecule has 130 valence electrons. The van der Waals surface area contributed by atoms with Gasteiger partial charge in [0.25, 0.3) is 0 Å². The number of alkyl halides is 3. The summed E-state index contributed by atoms with van der Waals surface area (Å²) in [6.45, 7) is 3.53. The second kappa shape index (κ2) is 7.00. The summed E-state index contributed by atoms with van der Waals surface area (Å²) in [6.07, 6.45) is -4.09. The summed E-state index contributed by atoms with van der Waals surface area (Å²) in [6, 6.07) is 6.10. The normalized spacial score (nSPS) is 12.9. The second-order valence-electron chi connectivity index (χ2n) is 5.32. The third kappa shape index (κ3) is 4.10. The fourth-order valence-corrected chi connectivity index (χ4v) is 1.89. The molecule has 0 bridgehead atoms. The summed E-state index contributed by atoms with van der Waals surface area (Å²) < 4.78 is 41.5. The molecule has 0 radical (unpaired) electrons. The number of hydroxylamine groups is 2. The van der Waals surface area contributed by atoms with Crippen LogP contribution in [0.2, 0.25) is 0 Å². The summed E-state index contributed by atoms with van der Waals surface area (Å²) in [5.41, 5.74) is 0.938. The van der Waals surface area contributed by atoms with Crippen LogP contribution in [0.1, 0.15) is 31.7 Å². The van der Waals surface area contributed by atoms with Crippen LogP contribution in [0, 0.1) is 5.92 Å². The van der Waals surface area contributed by atoms with Crippen molar-refractivity contribution in [2.75, 3.05) is 0 Å². The number of rotatable bonds is 5. The SMILES string of the molecule is CCC(C)C(=O)N(O)Cc1ccc(-c2noc(C(F)(F)F)n2)cc1. The van der Waals surface area contributed by atoms with Crippen molar-refractivity contribution in [1.29, 1.82) is 0 Å². The standard InChI is InChI=1S/C15H16F3N3O3/c1-3-9(2)13(22)21(23)8-10-4-6-11(7-5-10)12-19-14(24-20-12)15(16,17)18/h4-7,9,23H,3,8H2,1-2H3. The zero-order chi connectivity index (χ0) is 17.9. The fourth-order valence-electron chi connectivity index (χ4n) is 1.89. The minimum absolute atomic E-state index is 0.0243. The molecule has 9 heteroatoms. The molecular formula is C15H16F3N3O3. The Hall–Kier alpha value is -2.42. The molecule has 1 aromatic carbocycles. The van der Waals surface area contributed by atoms with E-state index < -0.39 is 18.0 Å². The Bertz CT molecular complexity index is 698. The number of benzene rings is 1. The maximum absolute atomic E-state index is 12.4. The molecule has 2 rings (SSSR count). The number of carbonyl (C=O) groups excluding carboxylic acids is 1. The fraction of sp³-hybridized carbons (Fsp3) is 0.400. The maximum Gasteiger partial charge on any atom is 0.471 e. The van der Waals surface area contributed by atoms with Gasteiger partial charge in [-0.25, -0.2) is 5.06 Å². The molecule has 0 saturated heterocycles. The summed E-state index contributed by atoms with van der Waals surface area (Å²) in [4.78, 5) is 15.1. The Morgan fingerprint density at radius 1 is 1.33 bits per heavy atom. The van der Waals surface area contributed by atoms with Crippen LogP contribution in [0.4, 0.5) is 13.2 Å². The highest BCUT2D eigenvalue weighted by atomic mass is 19.4. The maximum atomic E-state index is 12.4. The van der Waals surface area contributed by atoms with Gasteiger partial charge in [0.05, 0.1) is 6.54 Å². The molecule has 1 aromatic heterocycles. The van der Waals surface area contributed by atoms with Gasteiger partial charge in [0.15, 0.2) is 0 Å². The minimum atomic E-state index is -4.70. The number of hydrogen-bond donors (Lipinski definition) is 1. The van der Waals surface area contributed by atoms with Crippen LogP contribution in [0.5, 0.6) is 0 Å². The summed E-state index contributed by atoms with van der Waals surface area (Å²) in [7, 11) is 0. The zero-order valence-corrected chi connectivity index (χ0v) is 13.0. The van der Waals surface area contributed by atoms with Crippen molar-refractivity contribution >= 4 is 5.91 Å². The topological polar surface area (TPSA) is 79.5 Å². The number of halogens is 3. The molecule has 0 saturated carbocycles. The number of nitrogens with zero attached hydrogens (tertiary/aromatic N) is 3. The molecule has 24 heavy (non-hydrogen) atoms. The lowest BCUT2D eigenvalue weighted by Gasteiger charge is -2.18. The monoisotopic (exact) mass is 343 g/mol. The van der Waals surface area contributed by atoms with E-state index in [-0.39, 0.29) is 18.3 Å². The molecule has 1 heterocycles. The van der Waals surface area contributed by atoms with Crippen LogP contribution >= 0.6 is 0 Å². The van der Waals surface area contributed by atoms with Gasteiger partial charge in [0, 0.05) is 11.5 Å². The Balaban J connectivity index is 2.08. The van der Waals surface area contributed by atoms with Crippen LogP contribution in [-0.2, 0) is 17.5 Å². The van der Waals surface area contributed by atoms with Crippen molar-refractivity contribution in [2.24, 2.45) is 5.92 Å². The summed E-state index contributed by atoms with van der Waals surface area (Å²) in [5.74, 6) is -2.29. The average Bonchev–Trinajstić information content (AvgIpc) is 3.04. The lowest BCUT2D eigenvalue weighted by molar-refractivity contribution is -0.172. The number of amides is 1. The van der Waals surface area contributed by atoms with Gasteiger partial charge < -0.3 is 4.52 Å². The summed E-state index contributed by atoms with van der Waals surface area (Å²) >= 11 is 0. The molecule has 0 spiro atoms. The highest BCUT2D eigenvalue weighted by Crippen LogP contribution is 2.29. The third-order valence-electron chi connectivity index (χ3n) is 3.50. The van der Waals surface area contributed by atoms with Crippen molar-refractivity contribution in [2.45, 2.75) is 33.0 Å². The van der Waals surface area contributed by atoms with E-state index in [4.69, 9.17) is 0 Å². The van der Waals surface area contributed by atoms with Crippen molar-refractivity contribution in [3.05, 3.63) is 35.7 Å². The molecule has 1 atom stereocenters. The van der Waals surface area contributed by atoms with Gasteiger partial charge >= 0.3 is 12.1 Å². The molecule has 1 unspecified atom stereocenters. The molecule has 0 aliphatic heterocycles. The predicted octanol–water partition coefficient (Wildman–Crippen LogP) is 3.52. The van der Waals surface area contributed by atoms with Gasteiger partial charge in [-0.1, -0.05) is 43.3 Å². The van der Waals surface area contributed by atoms with Crippen LogP contribution in [0.3, 0.4) is 0 Å². The molecule has 6 nitrogen and oxygen atoms in total. The largest absolute Gasteiger partial charge is 0.471 e. The highest BCUT2D eigenvalue weighted by Gasteiger charge is 2.38. The third-order valence-corrected chi connectivity index (χ3v) is 3.50. The van der Waals surface area contributed by atoms with Crippen LogP contribution < -0.4 is 0 Å². The van der Waals surface area contributed by atoms with E-state index in [9.17, 15) is 23.2 Å². The Morgan fingerprint density at radius 3 is 2.46 bits per heavy atom. The number of aromatic nitrogens is 2. The van der Waals surface area contributed by atoms with Gasteiger partial charge in [0.2, 0.25) is 11.7 Å². The average molecular weight is 343 g/mol. The molecule has 0 fully saturated rings. The van der Waals surface area contributed by atoms with Crippen LogP contribution in [-0.4, -0.2) is 26.3 Å². The first kappa shape index (κ1) is 17.9. The molecule has 0 aliphatic carbocycles. The van der Waals surface area contributed by atoms with Crippen molar-refractivity contribution in [3.8, 4) is 11.4 Å². The number of hydrogen-bond acceptors (Lipinski definition) is 5. The Labute approximate surface area is 135 Å². The van der Waals surface area contributed by atoms with Gasteiger partial charge in [-0.15, -0.1) is 0 Å². The first-order chi connectivity index (χ1) is 11.2. The lowest BCUT2D eigenvalue weighted by atomic mass is 10.1. The highest BCUT2D eigenvalue weighted by molar-refractivity contribution is 5.77. The van der Waals surface area contributed by atoms with E-state index in [2.05, 4.69) is 14.7 Å².